The largest absolute Gasteiger partial charge is 0.416 e. The van der Waals surface area contributed by atoms with Gasteiger partial charge in [0.1, 0.15) is 0 Å². The highest BCUT2D eigenvalue weighted by Gasteiger charge is 2.31. The van der Waals surface area contributed by atoms with Gasteiger partial charge in [-0.1, -0.05) is 23.8 Å². The second-order valence-electron chi connectivity index (χ2n) is 6.30. The van der Waals surface area contributed by atoms with E-state index in [9.17, 15) is 18.0 Å². The van der Waals surface area contributed by atoms with Crippen molar-refractivity contribution in [1.29, 1.82) is 0 Å². The Morgan fingerprint density at radius 3 is 2.37 bits per heavy atom. The minimum absolute atomic E-state index is 0.249. The predicted molar refractivity (Wildman–Crippen MR) is 97.2 cm³/mol. The monoisotopic (exact) mass is 373 g/mol. The quantitative estimate of drug-likeness (QED) is 0.662. The molecule has 0 aliphatic carbocycles. The molecule has 0 aliphatic heterocycles. The minimum Gasteiger partial charge on any atom is -0.311 e. The van der Waals surface area contributed by atoms with E-state index >= 15 is 0 Å². The molecule has 0 saturated heterocycles. The Morgan fingerprint density at radius 1 is 1.07 bits per heavy atom. The van der Waals surface area contributed by atoms with Crippen molar-refractivity contribution in [1.82, 2.24) is 9.78 Å². The van der Waals surface area contributed by atoms with Crippen LogP contribution in [-0.2, 0) is 6.18 Å². The average Bonchev–Trinajstić information content (AvgIpc) is 3.02. The zero-order chi connectivity index (χ0) is 19.8. The minimum atomic E-state index is -4.44. The van der Waals surface area contributed by atoms with E-state index in [4.69, 9.17) is 0 Å². The molecule has 1 heterocycles. The van der Waals surface area contributed by atoms with Crippen molar-refractivity contribution in [2.24, 2.45) is 0 Å². The fraction of sp³-hybridized carbons (Fsp3) is 0.200. The second kappa shape index (κ2) is 6.90. The summed E-state index contributed by atoms with van der Waals surface area (Å²) >= 11 is 0. The first-order valence-electron chi connectivity index (χ1n) is 8.25. The fourth-order valence-corrected chi connectivity index (χ4v) is 2.76. The van der Waals surface area contributed by atoms with Crippen LogP contribution in [0.25, 0.3) is 5.69 Å². The first kappa shape index (κ1) is 18.7. The van der Waals surface area contributed by atoms with Gasteiger partial charge in [-0.05, 0) is 44.2 Å². The number of nitrogens with zero attached hydrogens (tertiary/aromatic N) is 3. The Hall–Kier alpha value is -3.09. The Bertz CT molecular complexity index is 975. The van der Waals surface area contributed by atoms with Crippen LogP contribution in [0.3, 0.4) is 0 Å². The number of alkyl halides is 3. The van der Waals surface area contributed by atoms with Gasteiger partial charge in [-0.25, -0.2) is 4.68 Å². The number of carbonyl (C=O) groups excluding carboxylic acids is 1. The number of hydrogen-bond donors (Lipinski definition) is 0. The Labute approximate surface area is 154 Å². The molecule has 0 aliphatic rings. The molecule has 2 aromatic carbocycles. The summed E-state index contributed by atoms with van der Waals surface area (Å²) in [5, 5.41) is 4.12. The van der Waals surface area contributed by atoms with Gasteiger partial charge in [0.15, 0.2) is 0 Å². The Balaban J connectivity index is 1.93. The van der Waals surface area contributed by atoms with Crippen molar-refractivity contribution in [2.45, 2.75) is 20.0 Å². The molecular weight excluding hydrogens is 355 g/mol. The smallest absolute Gasteiger partial charge is 0.311 e. The van der Waals surface area contributed by atoms with Crippen LogP contribution in [0.15, 0.2) is 54.7 Å². The second-order valence-corrected chi connectivity index (χ2v) is 6.30. The third-order valence-corrected chi connectivity index (χ3v) is 4.38. The molecule has 27 heavy (non-hydrogen) atoms. The Morgan fingerprint density at radius 2 is 1.74 bits per heavy atom. The van der Waals surface area contributed by atoms with Crippen LogP contribution in [-0.4, -0.2) is 22.7 Å². The fourth-order valence-electron chi connectivity index (χ4n) is 2.76. The van der Waals surface area contributed by atoms with Crippen LogP contribution in [0, 0.1) is 13.8 Å². The number of halogens is 3. The summed E-state index contributed by atoms with van der Waals surface area (Å²) < 4.78 is 40.2. The molecule has 0 atom stereocenters. The molecule has 0 N–H and O–H groups in total. The first-order chi connectivity index (χ1) is 12.7. The van der Waals surface area contributed by atoms with Crippen molar-refractivity contribution < 1.29 is 18.0 Å². The zero-order valence-corrected chi connectivity index (χ0v) is 15.1. The number of amides is 1. The lowest BCUT2D eigenvalue weighted by molar-refractivity contribution is -0.137. The summed E-state index contributed by atoms with van der Waals surface area (Å²) in [6.45, 7) is 3.61. The number of benzene rings is 2. The molecule has 1 aromatic heterocycles. The third-order valence-electron chi connectivity index (χ3n) is 4.38. The standard InChI is InChI=1S/C20H18F3N3O/c1-13-7-9-16(10-8-13)25(3)19(27)18-12-24-26(14(18)2)17-6-4-5-15(11-17)20(21,22)23/h4-12H,1-3H3. The van der Waals surface area contributed by atoms with Crippen LogP contribution in [0.1, 0.15) is 27.2 Å². The summed E-state index contributed by atoms with van der Waals surface area (Å²) in [4.78, 5) is 14.3. The first-order valence-corrected chi connectivity index (χ1v) is 8.25. The van der Waals surface area contributed by atoms with E-state index in [0.717, 1.165) is 23.4 Å². The van der Waals surface area contributed by atoms with Gasteiger partial charge in [-0.3, -0.25) is 4.79 Å². The normalized spacial score (nSPS) is 11.5. The number of aryl methyl sites for hydroxylation is 1. The predicted octanol–water partition coefficient (Wildman–Crippen LogP) is 4.78. The summed E-state index contributed by atoms with van der Waals surface area (Å²) in [5.74, 6) is -0.283. The molecule has 3 aromatic rings. The summed E-state index contributed by atoms with van der Waals surface area (Å²) in [5.41, 5.74) is 2.08. The molecule has 140 valence electrons. The van der Waals surface area contributed by atoms with Gasteiger partial charge in [-0.2, -0.15) is 18.3 Å². The van der Waals surface area contributed by atoms with E-state index < -0.39 is 11.7 Å². The lowest BCUT2D eigenvalue weighted by Gasteiger charge is -2.17. The van der Waals surface area contributed by atoms with E-state index in [2.05, 4.69) is 5.10 Å². The van der Waals surface area contributed by atoms with E-state index in [1.165, 1.54) is 27.9 Å². The van der Waals surface area contributed by atoms with Gasteiger partial charge >= 0.3 is 6.18 Å². The average molecular weight is 373 g/mol. The highest BCUT2D eigenvalue weighted by Crippen LogP contribution is 2.30. The highest BCUT2D eigenvalue weighted by molar-refractivity contribution is 6.06. The number of anilines is 1. The molecule has 0 spiro atoms. The van der Waals surface area contributed by atoms with Crippen molar-refractivity contribution in [2.75, 3.05) is 11.9 Å². The van der Waals surface area contributed by atoms with Gasteiger partial charge in [0.25, 0.3) is 5.91 Å². The molecular formula is C20H18F3N3O. The summed E-state index contributed by atoms with van der Waals surface area (Å²) in [7, 11) is 1.65. The maximum absolute atomic E-state index is 12.9. The molecule has 3 rings (SSSR count). The van der Waals surface area contributed by atoms with E-state index in [0.29, 0.717) is 11.3 Å². The van der Waals surface area contributed by atoms with E-state index in [1.54, 1.807) is 14.0 Å². The molecule has 0 unspecified atom stereocenters. The van der Waals surface area contributed by atoms with Crippen molar-refractivity contribution >= 4 is 11.6 Å². The highest BCUT2D eigenvalue weighted by atomic mass is 19.4. The van der Waals surface area contributed by atoms with E-state index in [-0.39, 0.29) is 11.6 Å². The maximum Gasteiger partial charge on any atom is 0.416 e. The maximum atomic E-state index is 12.9. The molecule has 0 bridgehead atoms. The van der Waals surface area contributed by atoms with Crippen LogP contribution in [0.2, 0.25) is 0 Å². The van der Waals surface area contributed by atoms with Crippen LogP contribution >= 0.6 is 0 Å². The number of hydrogen-bond acceptors (Lipinski definition) is 2. The SMILES string of the molecule is Cc1ccc(N(C)C(=O)c2cnn(-c3cccc(C(F)(F)F)c3)c2C)cc1. The van der Waals surface area contributed by atoms with Crippen molar-refractivity contribution in [3.8, 4) is 5.69 Å². The van der Waals surface area contributed by atoms with Crippen molar-refractivity contribution in [3.63, 3.8) is 0 Å². The molecule has 1 amide bonds. The number of rotatable bonds is 3. The van der Waals surface area contributed by atoms with Gasteiger partial charge < -0.3 is 4.90 Å². The Kier molecular flexibility index (Phi) is 4.78. The molecule has 0 saturated carbocycles. The van der Waals surface area contributed by atoms with Gasteiger partial charge in [0, 0.05) is 12.7 Å². The van der Waals surface area contributed by atoms with Gasteiger partial charge in [-0.15, -0.1) is 0 Å². The van der Waals surface area contributed by atoms with Crippen LogP contribution in [0.5, 0.6) is 0 Å². The molecule has 4 nitrogen and oxygen atoms in total. The number of carbonyl (C=O) groups is 1. The van der Waals surface area contributed by atoms with Gasteiger partial charge in [0.05, 0.1) is 28.7 Å². The zero-order valence-electron chi connectivity index (χ0n) is 15.1. The lowest BCUT2D eigenvalue weighted by atomic mass is 10.1. The summed E-state index contributed by atoms with van der Waals surface area (Å²) in [6.07, 6.45) is -3.07. The van der Waals surface area contributed by atoms with Crippen molar-refractivity contribution in [3.05, 3.63) is 77.1 Å². The van der Waals surface area contributed by atoms with Crippen LogP contribution < -0.4 is 4.90 Å². The molecule has 0 radical (unpaired) electrons. The topological polar surface area (TPSA) is 38.1 Å². The van der Waals surface area contributed by atoms with Crippen LogP contribution in [0.4, 0.5) is 18.9 Å². The molecule has 7 heteroatoms. The lowest BCUT2D eigenvalue weighted by Crippen LogP contribution is -2.26. The molecule has 0 fully saturated rings. The number of aromatic nitrogens is 2. The summed E-state index contributed by atoms with van der Waals surface area (Å²) in [6, 6.07) is 12.3. The van der Waals surface area contributed by atoms with E-state index in [1.807, 2.05) is 31.2 Å². The third kappa shape index (κ3) is 3.72. The van der Waals surface area contributed by atoms with Gasteiger partial charge in [0.2, 0.25) is 0 Å².